The van der Waals surface area contributed by atoms with Gasteiger partial charge in [-0.2, -0.15) is 24.4 Å². The standard InChI is InChI=1S/C19H35N7O5S2/c1-33-9-6-11(20)17(29)26-8-3-5-14(26)16(28)25-13(10-32)15(27)24-12(18(30)31)4-2-7-23-19(21)22/h11-14,32H,2-10,20H2,1H3,(H,24,27)(H,25,28)(H,30,31)(H4,21,22,23). The Labute approximate surface area is 203 Å². The van der Waals surface area contributed by atoms with E-state index in [0.29, 0.717) is 32.2 Å². The van der Waals surface area contributed by atoms with E-state index in [1.165, 1.54) is 4.90 Å². The van der Waals surface area contributed by atoms with E-state index in [-0.39, 0.29) is 30.6 Å². The number of amides is 3. The third-order valence-corrected chi connectivity index (χ3v) is 6.17. The minimum Gasteiger partial charge on any atom is -0.480 e. The van der Waals surface area contributed by atoms with E-state index in [4.69, 9.17) is 17.2 Å². The highest BCUT2D eigenvalue weighted by molar-refractivity contribution is 7.98. The van der Waals surface area contributed by atoms with E-state index in [0.717, 1.165) is 5.75 Å². The number of carboxylic acids is 1. The van der Waals surface area contributed by atoms with Crippen LogP contribution in [-0.2, 0) is 19.2 Å². The van der Waals surface area contributed by atoms with Gasteiger partial charge in [0.15, 0.2) is 5.96 Å². The number of hydrogen-bond donors (Lipinski definition) is 7. The van der Waals surface area contributed by atoms with Crippen molar-refractivity contribution in [1.29, 1.82) is 0 Å². The SMILES string of the molecule is CSCCC(N)C(=O)N1CCCC1C(=O)NC(CS)C(=O)NC(CCCN=C(N)N)C(=O)O. The van der Waals surface area contributed by atoms with Gasteiger partial charge in [-0.05, 0) is 44.1 Å². The third-order valence-electron chi connectivity index (χ3n) is 5.16. The van der Waals surface area contributed by atoms with Gasteiger partial charge in [0.1, 0.15) is 18.1 Å². The van der Waals surface area contributed by atoms with E-state index in [1.54, 1.807) is 11.8 Å². The predicted molar refractivity (Wildman–Crippen MR) is 131 cm³/mol. The second-order valence-electron chi connectivity index (χ2n) is 7.67. The third kappa shape index (κ3) is 9.68. The molecule has 4 atom stereocenters. The van der Waals surface area contributed by atoms with E-state index in [2.05, 4.69) is 28.3 Å². The molecule has 4 unspecified atom stereocenters. The fraction of sp³-hybridized carbons (Fsp3) is 0.737. The number of nitrogens with zero attached hydrogens (tertiary/aromatic N) is 2. The van der Waals surface area contributed by atoms with Gasteiger partial charge in [0.05, 0.1) is 6.04 Å². The summed E-state index contributed by atoms with van der Waals surface area (Å²) in [6.07, 6.45) is 3.97. The topological polar surface area (TPSA) is 206 Å². The summed E-state index contributed by atoms with van der Waals surface area (Å²) in [4.78, 5) is 54.9. The number of thiol groups is 1. The Morgan fingerprint density at radius 2 is 1.91 bits per heavy atom. The smallest absolute Gasteiger partial charge is 0.326 e. The molecule has 1 fully saturated rings. The quantitative estimate of drug-likeness (QED) is 0.0608. The molecule has 3 amide bonds. The molecule has 0 bridgehead atoms. The van der Waals surface area contributed by atoms with Gasteiger partial charge in [-0.15, -0.1) is 0 Å². The van der Waals surface area contributed by atoms with Gasteiger partial charge in [-0.3, -0.25) is 19.4 Å². The average molecular weight is 506 g/mol. The summed E-state index contributed by atoms with van der Waals surface area (Å²) < 4.78 is 0. The highest BCUT2D eigenvalue weighted by Crippen LogP contribution is 2.19. The molecular weight excluding hydrogens is 470 g/mol. The van der Waals surface area contributed by atoms with E-state index in [9.17, 15) is 24.3 Å². The average Bonchev–Trinajstić information content (AvgIpc) is 3.26. The molecule has 0 spiro atoms. The molecule has 188 valence electrons. The molecule has 14 heteroatoms. The number of rotatable bonds is 14. The molecule has 1 aliphatic rings. The van der Waals surface area contributed by atoms with Crippen LogP contribution in [0.15, 0.2) is 4.99 Å². The summed E-state index contributed by atoms with van der Waals surface area (Å²) in [5.74, 6) is -2.10. The van der Waals surface area contributed by atoms with Crippen LogP contribution in [0.5, 0.6) is 0 Å². The van der Waals surface area contributed by atoms with Crippen molar-refractivity contribution < 1.29 is 24.3 Å². The van der Waals surface area contributed by atoms with Crippen LogP contribution in [0.25, 0.3) is 0 Å². The summed E-state index contributed by atoms with van der Waals surface area (Å²) in [5.41, 5.74) is 16.4. The second kappa shape index (κ2) is 14.9. The number of aliphatic imine (C=N–C) groups is 1. The maximum atomic E-state index is 12.8. The molecule has 0 radical (unpaired) electrons. The predicted octanol–water partition coefficient (Wildman–Crippen LogP) is -1.90. The molecule has 0 aromatic heterocycles. The van der Waals surface area contributed by atoms with E-state index in [1.807, 2.05) is 6.26 Å². The first-order valence-electron chi connectivity index (χ1n) is 10.7. The molecule has 33 heavy (non-hydrogen) atoms. The van der Waals surface area contributed by atoms with Crippen molar-refractivity contribution in [3.05, 3.63) is 0 Å². The molecule has 0 saturated carbocycles. The first-order chi connectivity index (χ1) is 15.6. The van der Waals surface area contributed by atoms with Gasteiger partial charge < -0.3 is 37.8 Å². The van der Waals surface area contributed by atoms with Crippen LogP contribution in [0.2, 0.25) is 0 Å². The largest absolute Gasteiger partial charge is 0.480 e. The number of thioether (sulfide) groups is 1. The van der Waals surface area contributed by atoms with Gasteiger partial charge in [0, 0.05) is 18.8 Å². The normalized spacial score (nSPS) is 18.2. The van der Waals surface area contributed by atoms with Crippen LogP contribution >= 0.6 is 24.4 Å². The fourth-order valence-electron chi connectivity index (χ4n) is 3.38. The zero-order valence-electron chi connectivity index (χ0n) is 18.7. The lowest BCUT2D eigenvalue weighted by Crippen LogP contribution is -2.57. The van der Waals surface area contributed by atoms with Crippen LogP contribution in [-0.4, -0.2) is 94.7 Å². The highest BCUT2D eigenvalue weighted by atomic mass is 32.2. The van der Waals surface area contributed by atoms with Crippen LogP contribution in [0.3, 0.4) is 0 Å². The number of hydrogen-bond acceptors (Lipinski definition) is 8. The Bertz CT molecular complexity index is 721. The van der Waals surface area contributed by atoms with Gasteiger partial charge in [-0.25, -0.2) is 4.79 Å². The second-order valence-corrected chi connectivity index (χ2v) is 9.02. The number of carbonyl (C=O) groups is 4. The Balaban J connectivity index is 2.71. The van der Waals surface area contributed by atoms with E-state index < -0.39 is 42.0 Å². The minimum atomic E-state index is -1.22. The molecular formula is C19H35N7O5S2. The van der Waals surface area contributed by atoms with Crippen molar-refractivity contribution in [1.82, 2.24) is 15.5 Å². The summed E-state index contributed by atoms with van der Waals surface area (Å²) in [7, 11) is 0. The summed E-state index contributed by atoms with van der Waals surface area (Å²) in [5, 5.41) is 14.4. The molecule has 0 aliphatic carbocycles. The summed E-state index contributed by atoms with van der Waals surface area (Å²) in [6.45, 7) is 0.637. The van der Waals surface area contributed by atoms with Crippen LogP contribution in [0.1, 0.15) is 32.1 Å². The maximum Gasteiger partial charge on any atom is 0.326 e. The number of carbonyl (C=O) groups excluding carboxylic acids is 3. The first-order valence-corrected chi connectivity index (χ1v) is 12.7. The van der Waals surface area contributed by atoms with Crippen molar-refractivity contribution in [3.8, 4) is 0 Å². The van der Waals surface area contributed by atoms with Crippen molar-refractivity contribution >= 4 is 54.0 Å². The Kier molecular flexibility index (Phi) is 13.0. The Morgan fingerprint density at radius 1 is 1.21 bits per heavy atom. The number of nitrogens with two attached hydrogens (primary N) is 3. The van der Waals surface area contributed by atoms with Crippen molar-refractivity contribution in [2.24, 2.45) is 22.2 Å². The Hall–Kier alpha value is -2.19. The minimum absolute atomic E-state index is 0.0498. The lowest BCUT2D eigenvalue weighted by atomic mass is 10.1. The van der Waals surface area contributed by atoms with E-state index >= 15 is 0 Å². The fourth-order valence-corrected chi connectivity index (χ4v) is 4.13. The van der Waals surface area contributed by atoms with Crippen molar-refractivity contribution in [3.63, 3.8) is 0 Å². The summed E-state index contributed by atoms with van der Waals surface area (Å²) in [6, 6.07) is -3.67. The molecule has 1 saturated heterocycles. The van der Waals surface area contributed by atoms with Gasteiger partial charge in [0.25, 0.3) is 0 Å². The number of aliphatic carboxylic acids is 1. The van der Waals surface area contributed by atoms with Crippen LogP contribution in [0.4, 0.5) is 0 Å². The molecule has 1 rings (SSSR count). The van der Waals surface area contributed by atoms with Crippen molar-refractivity contribution in [2.75, 3.05) is 30.9 Å². The van der Waals surface area contributed by atoms with Crippen LogP contribution in [0, 0.1) is 0 Å². The van der Waals surface area contributed by atoms with Crippen molar-refractivity contribution in [2.45, 2.75) is 56.3 Å². The number of guanidine groups is 1. The lowest BCUT2D eigenvalue weighted by Gasteiger charge is -2.28. The van der Waals surface area contributed by atoms with Gasteiger partial charge in [-0.1, -0.05) is 0 Å². The maximum absolute atomic E-state index is 12.8. The zero-order chi connectivity index (χ0) is 25.0. The molecule has 12 nitrogen and oxygen atoms in total. The Morgan fingerprint density at radius 3 is 2.48 bits per heavy atom. The monoisotopic (exact) mass is 505 g/mol. The number of carboxylic acid groups (broad SMARTS) is 1. The molecule has 9 N–H and O–H groups in total. The summed E-state index contributed by atoms with van der Waals surface area (Å²) >= 11 is 5.70. The highest BCUT2D eigenvalue weighted by Gasteiger charge is 2.37. The van der Waals surface area contributed by atoms with Gasteiger partial charge in [0.2, 0.25) is 17.7 Å². The number of nitrogens with one attached hydrogen (secondary N) is 2. The van der Waals surface area contributed by atoms with Gasteiger partial charge >= 0.3 is 5.97 Å². The lowest BCUT2D eigenvalue weighted by molar-refractivity contribution is -0.143. The zero-order valence-corrected chi connectivity index (χ0v) is 20.4. The molecule has 0 aromatic carbocycles. The number of likely N-dealkylation sites (tertiary alicyclic amines) is 1. The van der Waals surface area contributed by atoms with Crippen LogP contribution < -0.4 is 27.8 Å². The first kappa shape index (κ1) is 28.8. The molecule has 1 heterocycles. The molecule has 1 aliphatic heterocycles. The molecule has 0 aromatic rings.